The van der Waals surface area contributed by atoms with Gasteiger partial charge in [-0.1, -0.05) is 6.07 Å². The SMILES string of the molecule is Cc1cnc(-c2ccc(I)cc2C)cn1. The summed E-state index contributed by atoms with van der Waals surface area (Å²) < 4.78 is 1.24. The first-order valence-electron chi connectivity index (χ1n) is 4.72. The fourth-order valence-electron chi connectivity index (χ4n) is 1.45. The molecule has 0 atom stereocenters. The molecule has 0 unspecified atom stereocenters. The molecule has 0 aliphatic carbocycles. The van der Waals surface area contributed by atoms with Crippen LogP contribution in [0.3, 0.4) is 0 Å². The van der Waals surface area contributed by atoms with Gasteiger partial charge in [0.1, 0.15) is 0 Å². The summed E-state index contributed by atoms with van der Waals surface area (Å²) in [6.07, 6.45) is 3.62. The van der Waals surface area contributed by atoms with E-state index in [0.717, 1.165) is 17.0 Å². The number of rotatable bonds is 1. The van der Waals surface area contributed by atoms with Gasteiger partial charge >= 0.3 is 0 Å². The lowest BCUT2D eigenvalue weighted by Crippen LogP contribution is -1.90. The van der Waals surface area contributed by atoms with Crippen molar-refractivity contribution >= 4 is 22.6 Å². The molecule has 0 amide bonds. The predicted molar refractivity (Wildman–Crippen MR) is 69.7 cm³/mol. The van der Waals surface area contributed by atoms with Gasteiger partial charge in [0.2, 0.25) is 0 Å². The summed E-state index contributed by atoms with van der Waals surface area (Å²) in [7, 11) is 0. The number of halogens is 1. The van der Waals surface area contributed by atoms with Gasteiger partial charge in [0, 0.05) is 15.3 Å². The standard InChI is InChI=1S/C12H11IN2/c1-8-5-10(13)3-4-11(8)12-7-14-9(2)6-15-12/h3-7H,1-2H3. The minimum atomic E-state index is 0.939. The first-order chi connectivity index (χ1) is 7.16. The van der Waals surface area contributed by atoms with Gasteiger partial charge in [-0.25, -0.2) is 0 Å². The lowest BCUT2D eigenvalue weighted by atomic mass is 10.1. The molecule has 76 valence electrons. The van der Waals surface area contributed by atoms with Crippen LogP contribution in [0.25, 0.3) is 11.3 Å². The van der Waals surface area contributed by atoms with Gasteiger partial charge in [0.05, 0.1) is 17.6 Å². The molecule has 0 aliphatic heterocycles. The van der Waals surface area contributed by atoms with Gasteiger partial charge in [-0.05, 0) is 54.1 Å². The van der Waals surface area contributed by atoms with Crippen LogP contribution in [0, 0.1) is 17.4 Å². The van der Waals surface area contributed by atoms with Crippen molar-refractivity contribution in [2.75, 3.05) is 0 Å². The third-order valence-corrected chi connectivity index (χ3v) is 2.92. The molecule has 0 radical (unpaired) electrons. The van der Waals surface area contributed by atoms with Crippen LogP contribution in [0.5, 0.6) is 0 Å². The Morgan fingerprint density at radius 2 is 1.87 bits per heavy atom. The molecule has 15 heavy (non-hydrogen) atoms. The van der Waals surface area contributed by atoms with E-state index in [2.05, 4.69) is 57.7 Å². The molecule has 2 aromatic rings. The number of hydrogen-bond donors (Lipinski definition) is 0. The summed E-state index contributed by atoms with van der Waals surface area (Å²) in [6.45, 7) is 4.04. The number of hydrogen-bond acceptors (Lipinski definition) is 2. The number of aromatic nitrogens is 2. The van der Waals surface area contributed by atoms with Crippen LogP contribution in [-0.2, 0) is 0 Å². The van der Waals surface area contributed by atoms with Crippen molar-refractivity contribution in [2.45, 2.75) is 13.8 Å². The van der Waals surface area contributed by atoms with Crippen molar-refractivity contribution in [3.8, 4) is 11.3 Å². The Hall–Kier alpha value is -0.970. The lowest BCUT2D eigenvalue weighted by Gasteiger charge is -2.05. The zero-order valence-electron chi connectivity index (χ0n) is 8.66. The quantitative estimate of drug-likeness (QED) is 0.755. The van der Waals surface area contributed by atoms with E-state index >= 15 is 0 Å². The van der Waals surface area contributed by atoms with Crippen LogP contribution in [-0.4, -0.2) is 9.97 Å². The maximum Gasteiger partial charge on any atom is 0.0888 e. The highest BCUT2D eigenvalue weighted by Gasteiger charge is 2.03. The Morgan fingerprint density at radius 1 is 1.07 bits per heavy atom. The Bertz CT molecular complexity index is 477. The molecule has 0 saturated heterocycles. The van der Waals surface area contributed by atoms with Gasteiger partial charge in [0.15, 0.2) is 0 Å². The van der Waals surface area contributed by atoms with Gasteiger partial charge in [0.25, 0.3) is 0 Å². The monoisotopic (exact) mass is 310 g/mol. The van der Waals surface area contributed by atoms with E-state index in [1.54, 1.807) is 6.20 Å². The van der Waals surface area contributed by atoms with Gasteiger partial charge < -0.3 is 0 Å². The minimum absolute atomic E-state index is 0.939. The third kappa shape index (κ3) is 2.34. The number of benzene rings is 1. The third-order valence-electron chi connectivity index (χ3n) is 2.25. The molecule has 0 fully saturated rings. The van der Waals surface area contributed by atoms with Crippen molar-refractivity contribution in [2.24, 2.45) is 0 Å². The van der Waals surface area contributed by atoms with Crippen molar-refractivity contribution in [3.05, 3.63) is 45.4 Å². The van der Waals surface area contributed by atoms with E-state index in [-0.39, 0.29) is 0 Å². The van der Waals surface area contributed by atoms with E-state index in [1.165, 1.54) is 9.13 Å². The molecule has 3 heteroatoms. The normalized spacial score (nSPS) is 10.3. The summed E-state index contributed by atoms with van der Waals surface area (Å²) >= 11 is 2.31. The maximum absolute atomic E-state index is 4.37. The van der Waals surface area contributed by atoms with Crippen molar-refractivity contribution in [1.82, 2.24) is 9.97 Å². The average Bonchev–Trinajstić information content (AvgIpc) is 2.20. The highest BCUT2D eigenvalue weighted by Crippen LogP contribution is 2.22. The maximum atomic E-state index is 4.37. The summed E-state index contributed by atoms with van der Waals surface area (Å²) in [5.41, 5.74) is 4.28. The fraction of sp³-hybridized carbons (Fsp3) is 0.167. The smallest absolute Gasteiger partial charge is 0.0888 e. The topological polar surface area (TPSA) is 25.8 Å². The van der Waals surface area contributed by atoms with E-state index < -0.39 is 0 Å². The average molecular weight is 310 g/mol. The zero-order valence-corrected chi connectivity index (χ0v) is 10.8. The van der Waals surface area contributed by atoms with Crippen molar-refractivity contribution in [3.63, 3.8) is 0 Å². The summed E-state index contributed by atoms with van der Waals surface area (Å²) in [5, 5.41) is 0. The molecular formula is C12H11IN2. The molecule has 0 spiro atoms. The van der Waals surface area contributed by atoms with Gasteiger partial charge in [-0.2, -0.15) is 0 Å². The second-order valence-corrected chi connectivity index (χ2v) is 4.75. The van der Waals surface area contributed by atoms with Gasteiger partial charge in [-0.15, -0.1) is 0 Å². The van der Waals surface area contributed by atoms with Crippen LogP contribution >= 0.6 is 22.6 Å². The van der Waals surface area contributed by atoms with Crippen LogP contribution in [0.4, 0.5) is 0 Å². The van der Waals surface area contributed by atoms with Crippen molar-refractivity contribution < 1.29 is 0 Å². The molecule has 0 saturated carbocycles. The Kier molecular flexibility index (Phi) is 3.00. The predicted octanol–water partition coefficient (Wildman–Crippen LogP) is 3.37. The Labute approximate surface area is 103 Å². The van der Waals surface area contributed by atoms with E-state index in [4.69, 9.17) is 0 Å². The molecule has 0 bridgehead atoms. The van der Waals surface area contributed by atoms with Crippen molar-refractivity contribution in [1.29, 1.82) is 0 Å². The Morgan fingerprint density at radius 3 is 2.47 bits per heavy atom. The molecule has 0 aliphatic rings. The van der Waals surface area contributed by atoms with Crippen LogP contribution in [0.1, 0.15) is 11.3 Å². The first kappa shape index (κ1) is 10.5. The Balaban J connectivity index is 2.49. The summed E-state index contributed by atoms with van der Waals surface area (Å²) in [4.78, 5) is 8.63. The van der Waals surface area contributed by atoms with E-state index in [9.17, 15) is 0 Å². The first-order valence-corrected chi connectivity index (χ1v) is 5.80. The van der Waals surface area contributed by atoms with Crippen LogP contribution in [0.2, 0.25) is 0 Å². The van der Waals surface area contributed by atoms with Crippen LogP contribution in [0.15, 0.2) is 30.6 Å². The van der Waals surface area contributed by atoms with E-state index in [0.29, 0.717) is 0 Å². The van der Waals surface area contributed by atoms with Gasteiger partial charge in [-0.3, -0.25) is 9.97 Å². The number of aryl methyl sites for hydroxylation is 2. The molecule has 0 N–H and O–H groups in total. The molecule has 1 aromatic heterocycles. The largest absolute Gasteiger partial charge is 0.258 e. The number of nitrogens with zero attached hydrogens (tertiary/aromatic N) is 2. The fourth-order valence-corrected chi connectivity index (χ4v) is 2.09. The van der Waals surface area contributed by atoms with Crippen LogP contribution < -0.4 is 0 Å². The highest BCUT2D eigenvalue weighted by molar-refractivity contribution is 14.1. The molecule has 1 heterocycles. The zero-order chi connectivity index (χ0) is 10.8. The second kappa shape index (κ2) is 4.26. The lowest BCUT2D eigenvalue weighted by molar-refractivity contribution is 1.12. The second-order valence-electron chi connectivity index (χ2n) is 3.50. The summed E-state index contributed by atoms with van der Waals surface area (Å²) in [6, 6.07) is 6.33. The highest BCUT2D eigenvalue weighted by atomic mass is 127. The minimum Gasteiger partial charge on any atom is -0.258 e. The molecule has 2 nitrogen and oxygen atoms in total. The molecular weight excluding hydrogens is 299 g/mol. The summed E-state index contributed by atoms with van der Waals surface area (Å²) in [5.74, 6) is 0. The van der Waals surface area contributed by atoms with E-state index in [1.807, 2.05) is 13.1 Å². The molecule has 2 rings (SSSR count). The molecule has 1 aromatic carbocycles.